The average Bonchev–Trinajstić information content (AvgIpc) is 3.04. The summed E-state index contributed by atoms with van der Waals surface area (Å²) >= 11 is 5.88. The fraction of sp³-hybridized carbons (Fsp3) is 0.368. The summed E-state index contributed by atoms with van der Waals surface area (Å²) < 4.78 is 13.5. The lowest BCUT2D eigenvalue weighted by Gasteiger charge is -2.35. The molecule has 3 heterocycles. The first kappa shape index (κ1) is 17.2. The van der Waals surface area contributed by atoms with Crippen LogP contribution in [-0.4, -0.2) is 52.6 Å². The molecule has 7 heteroatoms. The van der Waals surface area contributed by atoms with Gasteiger partial charge in [0.1, 0.15) is 11.6 Å². The van der Waals surface area contributed by atoms with Crippen LogP contribution >= 0.6 is 11.6 Å². The van der Waals surface area contributed by atoms with Crippen LogP contribution < -0.4 is 4.90 Å². The monoisotopic (exact) mass is 373 g/mol. The van der Waals surface area contributed by atoms with Crippen LogP contribution in [0, 0.1) is 5.82 Å². The summed E-state index contributed by atoms with van der Waals surface area (Å²) in [5, 5.41) is 1.29. The van der Waals surface area contributed by atoms with Crippen molar-refractivity contribution in [2.24, 2.45) is 0 Å². The molecule has 0 spiro atoms. The van der Waals surface area contributed by atoms with Crippen LogP contribution in [-0.2, 0) is 6.42 Å². The van der Waals surface area contributed by atoms with Gasteiger partial charge in [-0.05, 0) is 60.8 Å². The van der Waals surface area contributed by atoms with Gasteiger partial charge in [-0.3, -0.25) is 4.90 Å². The molecular weight excluding hydrogens is 353 g/mol. The molecule has 1 aliphatic rings. The number of aryl methyl sites for hydroxylation is 1. The Morgan fingerprint density at radius 2 is 2.00 bits per heavy atom. The Kier molecular flexibility index (Phi) is 5.04. The Morgan fingerprint density at radius 3 is 2.81 bits per heavy atom. The summed E-state index contributed by atoms with van der Waals surface area (Å²) in [6, 6.07) is 6.81. The molecule has 0 aliphatic carbocycles. The van der Waals surface area contributed by atoms with Crippen LogP contribution in [0.15, 0.2) is 36.7 Å². The van der Waals surface area contributed by atoms with Gasteiger partial charge in [0, 0.05) is 49.5 Å². The molecule has 1 aliphatic heterocycles. The highest BCUT2D eigenvalue weighted by Gasteiger charge is 2.18. The van der Waals surface area contributed by atoms with Crippen LogP contribution in [0.4, 0.5) is 10.2 Å². The largest absolute Gasteiger partial charge is 0.361 e. The molecule has 1 aromatic carbocycles. The Bertz CT molecular complexity index is 889. The van der Waals surface area contributed by atoms with Crippen molar-refractivity contribution in [2.75, 3.05) is 37.6 Å². The zero-order valence-corrected chi connectivity index (χ0v) is 15.2. The first-order valence-corrected chi connectivity index (χ1v) is 9.28. The number of rotatable bonds is 5. The van der Waals surface area contributed by atoms with Crippen molar-refractivity contribution in [3.63, 3.8) is 0 Å². The van der Waals surface area contributed by atoms with Gasteiger partial charge in [-0.1, -0.05) is 0 Å². The molecule has 136 valence electrons. The first-order valence-electron chi connectivity index (χ1n) is 8.90. The molecule has 0 atom stereocenters. The Morgan fingerprint density at radius 1 is 1.15 bits per heavy atom. The van der Waals surface area contributed by atoms with Crippen LogP contribution in [0.25, 0.3) is 10.9 Å². The summed E-state index contributed by atoms with van der Waals surface area (Å²) in [5.41, 5.74) is 2.19. The van der Waals surface area contributed by atoms with Gasteiger partial charge in [0.2, 0.25) is 5.28 Å². The number of aromatic amines is 1. The van der Waals surface area contributed by atoms with Gasteiger partial charge in [-0.25, -0.2) is 14.4 Å². The third kappa shape index (κ3) is 3.81. The smallest absolute Gasteiger partial charge is 0.224 e. The van der Waals surface area contributed by atoms with Crippen molar-refractivity contribution in [2.45, 2.75) is 12.8 Å². The topological polar surface area (TPSA) is 48.1 Å². The molecule has 0 saturated carbocycles. The summed E-state index contributed by atoms with van der Waals surface area (Å²) in [7, 11) is 0. The third-order valence-corrected chi connectivity index (χ3v) is 5.14. The number of nitrogens with zero attached hydrogens (tertiary/aromatic N) is 4. The molecule has 1 N–H and O–H groups in total. The molecule has 0 radical (unpaired) electrons. The van der Waals surface area contributed by atoms with Crippen LogP contribution in [0.2, 0.25) is 5.28 Å². The molecule has 0 amide bonds. The van der Waals surface area contributed by atoms with E-state index in [0.29, 0.717) is 5.28 Å². The minimum atomic E-state index is -0.181. The van der Waals surface area contributed by atoms with E-state index >= 15 is 0 Å². The highest BCUT2D eigenvalue weighted by Crippen LogP contribution is 2.21. The van der Waals surface area contributed by atoms with E-state index in [4.69, 9.17) is 11.6 Å². The second-order valence-electron chi connectivity index (χ2n) is 6.62. The third-order valence-electron chi connectivity index (χ3n) is 4.96. The van der Waals surface area contributed by atoms with E-state index in [1.807, 2.05) is 12.3 Å². The first-order chi connectivity index (χ1) is 12.7. The second kappa shape index (κ2) is 7.60. The lowest BCUT2D eigenvalue weighted by Crippen LogP contribution is -2.47. The minimum absolute atomic E-state index is 0.181. The Hall–Kier alpha value is -2.18. The van der Waals surface area contributed by atoms with Crippen LogP contribution in [0.5, 0.6) is 0 Å². The summed E-state index contributed by atoms with van der Waals surface area (Å²) in [5.74, 6) is 0.713. The highest BCUT2D eigenvalue weighted by molar-refractivity contribution is 6.28. The van der Waals surface area contributed by atoms with Crippen molar-refractivity contribution < 1.29 is 4.39 Å². The van der Waals surface area contributed by atoms with E-state index < -0.39 is 0 Å². The lowest BCUT2D eigenvalue weighted by molar-refractivity contribution is 0.254. The number of halogens is 2. The van der Waals surface area contributed by atoms with E-state index in [1.165, 1.54) is 11.6 Å². The van der Waals surface area contributed by atoms with Crippen molar-refractivity contribution in [3.05, 3.63) is 53.3 Å². The van der Waals surface area contributed by atoms with Crippen molar-refractivity contribution >= 4 is 28.3 Å². The van der Waals surface area contributed by atoms with Gasteiger partial charge >= 0.3 is 0 Å². The maximum atomic E-state index is 13.5. The lowest BCUT2D eigenvalue weighted by atomic mass is 10.1. The number of nitrogens with one attached hydrogen (secondary N) is 1. The molecule has 5 nitrogen and oxygen atoms in total. The fourth-order valence-electron chi connectivity index (χ4n) is 3.55. The fourth-order valence-corrected chi connectivity index (χ4v) is 3.70. The number of benzene rings is 1. The van der Waals surface area contributed by atoms with Crippen molar-refractivity contribution in [1.82, 2.24) is 19.9 Å². The molecular formula is C19H21ClFN5. The Labute approximate surface area is 156 Å². The SMILES string of the molecule is Fc1ccc2[nH]cc(CCCN3CCN(c4ccnc(Cl)n4)CC3)c2c1. The molecule has 1 fully saturated rings. The molecule has 0 bridgehead atoms. The zero-order chi connectivity index (χ0) is 17.9. The number of fused-ring (bicyclic) bond motifs is 1. The molecule has 26 heavy (non-hydrogen) atoms. The zero-order valence-electron chi connectivity index (χ0n) is 14.5. The highest BCUT2D eigenvalue weighted by atomic mass is 35.5. The van der Waals surface area contributed by atoms with Crippen LogP contribution in [0.3, 0.4) is 0 Å². The van der Waals surface area contributed by atoms with E-state index in [2.05, 4.69) is 24.8 Å². The Balaban J connectivity index is 1.28. The quantitative estimate of drug-likeness (QED) is 0.695. The number of aromatic nitrogens is 3. The molecule has 4 rings (SSSR count). The molecule has 1 saturated heterocycles. The molecule has 3 aromatic rings. The number of anilines is 1. The van der Waals surface area contributed by atoms with Gasteiger partial charge in [0.15, 0.2) is 0 Å². The number of hydrogen-bond acceptors (Lipinski definition) is 4. The predicted octanol–water partition coefficient (Wildman–Crippen LogP) is 3.51. The van der Waals surface area contributed by atoms with E-state index in [-0.39, 0.29) is 5.82 Å². The van der Waals surface area contributed by atoms with Crippen LogP contribution in [0.1, 0.15) is 12.0 Å². The summed E-state index contributed by atoms with van der Waals surface area (Å²) in [6.45, 7) is 4.92. The average molecular weight is 374 g/mol. The van der Waals surface area contributed by atoms with Gasteiger partial charge < -0.3 is 9.88 Å². The number of H-pyrrole nitrogens is 1. The van der Waals surface area contributed by atoms with Crippen molar-refractivity contribution in [1.29, 1.82) is 0 Å². The second-order valence-corrected chi connectivity index (χ2v) is 6.96. The van der Waals surface area contributed by atoms with Gasteiger partial charge in [-0.2, -0.15) is 0 Å². The van der Waals surface area contributed by atoms with E-state index in [0.717, 1.165) is 62.3 Å². The maximum absolute atomic E-state index is 13.5. The normalized spacial score (nSPS) is 15.7. The standard InChI is InChI=1S/C19H21ClFN5/c20-19-22-6-5-18(24-19)26-10-8-25(9-11-26)7-1-2-14-13-23-17-4-3-15(21)12-16(14)17/h3-6,12-13,23H,1-2,7-11H2. The predicted molar refractivity (Wildman–Crippen MR) is 102 cm³/mol. The maximum Gasteiger partial charge on any atom is 0.224 e. The molecule has 0 unspecified atom stereocenters. The minimum Gasteiger partial charge on any atom is -0.361 e. The molecule has 2 aromatic heterocycles. The van der Waals surface area contributed by atoms with Gasteiger partial charge in [-0.15, -0.1) is 0 Å². The number of hydrogen-bond donors (Lipinski definition) is 1. The van der Waals surface area contributed by atoms with Gasteiger partial charge in [0.05, 0.1) is 0 Å². The summed E-state index contributed by atoms with van der Waals surface area (Å²) in [4.78, 5) is 16.1. The van der Waals surface area contributed by atoms with E-state index in [9.17, 15) is 4.39 Å². The van der Waals surface area contributed by atoms with E-state index in [1.54, 1.807) is 18.3 Å². The van der Waals surface area contributed by atoms with Crippen molar-refractivity contribution in [3.8, 4) is 0 Å². The number of piperazine rings is 1. The summed E-state index contributed by atoms with van der Waals surface area (Å²) in [6.07, 6.45) is 5.70. The van der Waals surface area contributed by atoms with Gasteiger partial charge in [0.25, 0.3) is 0 Å².